The fourth-order valence-electron chi connectivity index (χ4n) is 1.37. The number of aliphatic hydroxyl groups excluding tert-OH is 1. The van der Waals surface area contributed by atoms with E-state index in [1.54, 1.807) is 0 Å². The Balaban J connectivity index is 2.95. The van der Waals surface area contributed by atoms with Crippen LogP contribution in [0.3, 0.4) is 0 Å². The van der Waals surface area contributed by atoms with Gasteiger partial charge in [0.2, 0.25) is 0 Å². The summed E-state index contributed by atoms with van der Waals surface area (Å²) in [5.41, 5.74) is 0. The summed E-state index contributed by atoms with van der Waals surface area (Å²) in [6, 6.07) is 0. The number of esters is 1. The second-order valence-electron chi connectivity index (χ2n) is 3.52. The zero-order valence-electron chi connectivity index (χ0n) is 9.13. The number of aliphatic hydroxyl groups is 1. The summed E-state index contributed by atoms with van der Waals surface area (Å²) < 4.78 is 4.54. The second-order valence-corrected chi connectivity index (χ2v) is 3.52. The minimum Gasteiger partial charge on any atom is -0.469 e. The minimum absolute atomic E-state index is 0.106. The number of unbranched alkanes of at least 4 members (excludes halogenated alkanes) is 6. The molecule has 0 aromatic heterocycles. The summed E-state index contributed by atoms with van der Waals surface area (Å²) in [7, 11) is 1.43. The molecule has 0 radical (unpaired) electrons. The van der Waals surface area contributed by atoms with Crippen LogP contribution in [0.25, 0.3) is 0 Å². The maximum atomic E-state index is 10.7. The molecule has 3 heteroatoms. The molecule has 0 atom stereocenters. The highest BCUT2D eigenvalue weighted by Crippen LogP contribution is 2.08. The normalized spacial score (nSPS) is 10.1. The van der Waals surface area contributed by atoms with Crippen LogP contribution in [0, 0.1) is 0 Å². The molecular formula is C11H22O3. The maximum absolute atomic E-state index is 10.7. The first kappa shape index (κ1) is 13.4. The van der Waals surface area contributed by atoms with Crippen molar-refractivity contribution in [3.8, 4) is 0 Å². The molecule has 0 spiro atoms. The largest absolute Gasteiger partial charge is 0.469 e. The van der Waals surface area contributed by atoms with E-state index in [9.17, 15) is 4.79 Å². The number of carbonyl (C=O) groups excluding carboxylic acids is 1. The highest BCUT2D eigenvalue weighted by atomic mass is 16.5. The summed E-state index contributed by atoms with van der Waals surface area (Å²) in [5, 5.41) is 8.54. The number of ether oxygens (including phenoxy) is 1. The predicted molar refractivity (Wildman–Crippen MR) is 56.0 cm³/mol. The van der Waals surface area contributed by atoms with Crippen molar-refractivity contribution in [1.29, 1.82) is 0 Å². The van der Waals surface area contributed by atoms with E-state index in [0.717, 1.165) is 25.7 Å². The SMILES string of the molecule is COC(=O)CCCCCCCCCO. The molecule has 84 valence electrons. The van der Waals surface area contributed by atoms with Gasteiger partial charge in [0.1, 0.15) is 0 Å². The van der Waals surface area contributed by atoms with E-state index >= 15 is 0 Å². The fraction of sp³-hybridized carbons (Fsp3) is 0.909. The van der Waals surface area contributed by atoms with Crippen LogP contribution in [-0.2, 0) is 9.53 Å². The van der Waals surface area contributed by atoms with Crippen molar-refractivity contribution < 1.29 is 14.6 Å². The highest BCUT2D eigenvalue weighted by Gasteiger charge is 1.98. The molecule has 0 aromatic rings. The number of rotatable bonds is 9. The number of hydrogen-bond acceptors (Lipinski definition) is 3. The predicted octanol–water partition coefficient (Wildman–Crippen LogP) is 2.27. The van der Waals surface area contributed by atoms with E-state index in [4.69, 9.17) is 5.11 Å². The molecule has 0 rings (SSSR count). The lowest BCUT2D eigenvalue weighted by Crippen LogP contribution is -1.99. The van der Waals surface area contributed by atoms with Gasteiger partial charge in [0.25, 0.3) is 0 Å². The van der Waals surface area contributed by atoms with Crippen LogP contribution in [0.2, 0.25) is 0 Å². The minimum atomic E-state index is -0.106. The Morgan fingerprint density at radius 1 is 1.00 bits per heavy atom. The first-order valence-electron chi connectivity index (χ1n) is 5.49. The zero-order chi connectivity index (χ0) is 10.6. The molecule has 3 nitrogen and oxygen atoms in total. The first-order chi connectivity index (χ1) is 6.81. The van der Waals surface area contributed by atoms with Crippen molar-refractivity contribution in [2.45, 2.75) is 51.4 Å². The first-order valence-corrected chi connectivity index (χ1v) is 5.49. The lowest BCUT2D eigenvalue weighted by molar-refractivity contribution is -0.140. The van der Waals surface area contributed by atoms with E-state index in [-0.39, 0.29) is 5.97 Å². The quantitative estimate of drug-likeness (QED) is 0.461. The molecule has 0 aliphatic carbocycles. The van der Waals surface area contributed by atoms with Crippen LogP contribution in [-0.4, -0.2) is 24.8 Å². The molecule has 0 saturated carbocycles. The van der Waals surface area contributed by atoms with Crippen molar-refractivity contribution in [2.24, 2.45) is 0 Å². The lowest BCUT2D eigenvalue weighted by Gasteiger charge is -2.00. The molecule has 0 saturated heterocycles. The Bertz CT molecular complexity index is 134. The maximum Gasteiger partial charge on any atom is 0.305 e. The summed E-state index contributed by atoms with van der Waals surface area (Å²) in [6.07, 6.45) is 8.21. The van der Waals surface area contributed by atoms with Crippen LogP contribution < -0.4 is 0 Å². The fourth-order valence-corrected chi connectivity index (χ4v) is 1.37. The van der Waals surface area contributed by atoms with Gasteiger partial charge < -0.3 is 9.84 Å². The summed E-state index contributed by atoms with van der Waals surface area (Å²) >= 11 is 0. The number of methoxy groups -OCH3 is 1. The summed E-state index contributed by atoms with van der Waals surface area (Å²) in [4.78, 5) is 10.7. The van der Waals surface area contributed by atoms with Gasteiger partial charge in [-0.2, -0.15) is 0 Å². The third-order valence-corrected chi connectivity index (χ3v) is 2.27. The van der Waals surface area contributed by atoms with Crippen molar-refractivity contribution in [2.75, 3.05) is 13.7 Å². The van der Waals surface area contributed by atoms with Gasteiger partial charge in [0.05, 0.1) is 7.11 Å². The second kappa shape index (κ2) is 10.5. The molecule has 0 aromatic carbocycles. The smallest absolute Gasteiger partial charge is 0.305 e. The van der Waals surface area contributed by atoms with Crippen molar-refractivity contribution >= 4 is 5.97 Å². The van der Waals surface area contributed by atoms with E-state index in [1.165, 1.54) is 26.4 Å². The molecule has 0 amide bonds. The summed E-state index contributed by atoms with van der Waals surface area (Å²) in [6.45, 7) is 0.308. The van der Waals surface area contributed by atoms with Crippen molar-refractivity contribution in [3.63, 3.8) is 0 Å². The van der Waals surface area contributed by atoms with Gasteiger partial charge in [0.15, 0.2) is 0 Å². The van der Waals surface area contributed by atoms with E-state index in [1.807, 2.05) is 0 Å². The van der Waals surface area contributed by atoms with Crippen LogP contribution in [0.1, 0.15) is 51.4 Å². The Hall–Kier alpha value is -0.570. The Labute approximate surface area is 86.5 Å². The standard InChI is InChI=1S/C11H22O3/c1-14-11(13)9-7-5-3-2-4-6-8-10-12/h12H,2-10H2,1H3. The number of carbonyl (C=O) groups is 1. The van der Waals surface area contributed by atoms with E-state index < -0.39 is 0 Å². The average molecular weight is 202 g/mol. The average Bonchev–Trinajstić information content (AvgIpc) is 2.21. The van der Waals surface area contributed by atoms with Crippen molar-refractivity contribution in [3.05, 3.63) is 0 Å². The van der Waals surface area contributed by atoms with E-state index in [2.05, 4.69) is 4.74 Å². The molecule has 1 N–H and O–H groups in total. The third-order valence-electron chi connectivity index (χ3n) is 2.27. The van der Waals surface area contributed by atoms with Gasteiger partial charge in [0, 0.05) is 13.0 Å². The van der Waals surface area contributed by atoms with Gasteiger partial charge in [-0.15, -0.1) is 0 Å². The molecule has 0 aliphatic heterocycles. The molecule has 0 aliphatic rings. The Morgan fingerprint density at radius 3 is 2.00 bits per heavy atom. The van der Waals surface area contributed by atoms with Crippen LogP contribution in [0.5, 0.6) is 0 Å². The Morgan fingerprint density at radius 2 is 1.50 bits per heavy atom. The van der Waals surface area contributed by atoms with Gasteiger partial charge in [-0.1, -0.05) is 32.1 Å². The highest BCUT2D eigenvalue weighted by molar-refractivity contribution is 5.68. The number of hydrogen-bond donors (Lipinski definition) is 1. The topological polar surface area (TPSA) is 46.5 Å². The molecule has 0 heterocycles. The molecule has 14 heavy (non-hydrogen) atoms. The molecule has 0 fully saturated rings. The molecule has 0 unspecified atom stereocenters. The van der Waals surface area contributed by atoms with Crippen LogP contribution >= 0.6 is 0 Å². The summed E-state index contributed by atoms with van der Waals surface area (Å²) in [5.74, 6) is -0.106. The van der Waals surface area contributed by atoms with Gasteiger partial charge in [-0.05, 0) is 12.8 Å². The van der Waals surface area contributed by atoms with E-state index in [0.29, 0.717) is 13.0 Å². The van der Waals surface area contributed by atoms with Gasteiger partial charge >= 0.3 is 5.97 Å². The molecular weight excluding hydrogens is 180 g/mol. The van der Waals surface area contributed by atoms with Gasteiger partial charge in [-0.3, -0.25) is 4.79 Å². The van der Waals surface area contributed by atoms with Crippen molar-refractivity contribution in [1.82, 2.24) is 0 Å². The zero-order valence-corrected chi connectivity index (χ0v) is 9.13. The molecule has 0 bridgehead atoms. The van der Waals surface area contributed by atoms with Gasteiger partial charge in [-0.25, -0.2) is 0 Å². The van der Waals surface area contributed by atoms with Crippen LogP contribution in [0.15, 0.2) is 0 Å². The third kappa shape index (κ3) is 9.52. The Kier molecular flexibility index (Phi) is 10.1. The monoisotopic (exact) mass is 202 g/mol. The lowest BCUT2D eigenvalue weighted by atomic mass is 10.1. The van der Waals surface area contributed by atoms with Crippen LogP contribution in [0.4, 0.5) is 0 Å².